The molecule has 8 heteroatoms. The zero-order valence-electron chi connectivity index (χ0n) is 16.4. The molecule has 28 heavy (non-hydrogen) atoms. The molecule has 0 radical (unpaired) electrons. The summed E-state index contributed by atoms with van der Waals surface area (Å²) in [5.41, 5.74) is 1.09. The maximum Gasteiger partial charge on any atom is 0.232 e. The summed E-state index contributed by atoms with van der Waals surface area (Å²) >= 11 is 11.6. The Kier molecular flexibility index (Phi) is 6.91. The van der Waals surface area contributed by atoms with Crippen LogP contribution in [-0.2, 0) is 6.54 Å². The van der Waals surface area contributed by atoms with Crippen LogP contribution in [0.5, 0.6) is 5.75 Å². The molecule has 1 aromatic heterocycles. The molecule has 1 aliphatic rings. The summed E-state index contributed by atoms with van der Waals surface area (Å²) in [5.74, 6) is 3.31. The van der Waals surface area contributed by atoms with E-state index in [4.69, 9.17) is 28.6 Å². The van der Waals surface area contributed by atoms with Crippen molar-refractivity contribution in [1.82, 2.24) is 15.3 Å². The van der Waals surface area contributed by atoms with Gasteiger partial charge in [-0.25, -0.2) is 4.98 Å². The fraction of sp³-hybridized carbons (Fsp3) is 0.450. The minimum Gasteiger partial charge on any atom is -0.497 e. The van der Waals surface area contributed by atoms with E-state index in [9.17, 15) is 0 Å². The lowest BCUT2D eigenvalue weighted by atomic mass is 9.92. The predicted molar refractivity (Wildman–Crippen MR) is 118 cm³/mol. The minimum atomic E-state index is 0.399. The average molecular weight is 420 g/mol. The van der Waals surface area contributed by atoms with Crippen LogP contribution in [0.25, 0.3) is 0 Å². The number of methoxy groups -OCH3 is 1. The number of ether oxygens (including phenoxy) is 1. The Bertz CT molecular complexity index is 807. The van der Waals surface area contributed by atoms with Crippen LogP contribution in [-0.4, -0.2) is 35.3 Å². The van der Waals surface area contributed by atoms with Crippen molar-refractivity contribution >= 4 is 40.7 Å². The van der Waals surface area contributed by atoms with E-state index >= 15 is 0 Å². The summed E-state index contributed by atoms with van der Waals surface area (Å²) in [5, 5.41) is 7.05. The Hall–Kier alpha value is -2.12. The molecule has 0 aliphatic carbocycles. The number of anilines is 2. The van der Waals surface area contributed by atoms with Gasteiger partial charge in [-0.1, -0.05) is 37.6 Å². The van der Waals surface area contributed by atoms with Gasteiger partial charge in [-0.3, -0.25) is 0 Å². The normalized spacial score (nSPS) is 19.2. The summed E-state index contributed by atoms with van der Waals surface area (Å²) in [6.07, 6.45) is 1.24. The van der Waals surface area contributed by atoms with Gasteiger partial charge < -0.3 is 20.3 Å². The Labute approximate surface area is 176 Å². The van der Waals surface area contributed by atoms with Gasteiger partial charge in [-0.05, 0) is 48.2 Å². The first-order valence-corrected chi connectivity index (χ1v) is 10.2. The molecule has 0 bridgehead atoms. The van der Waals surface area contributed by atoms with Gasteiger partial charge in [0, 0.05) is 25.7 Å². The molecule has 150 valence electrons. The van der Waals surface area contributed by atoms with E-state index in [1.54, 1.807) is 7.11 Å². The third kappa shape index (κ3) is 5.69. The van der Waals surface area contributed by atoms with Crippen molar-refractivity contribution in [2.24, 2.45) is 11.8 Å². The Morgan fingerprint density at radius 2 is 1.89 bits per heavy atom. The first-order chi connectivity index (χ1) is 13.4. The van der Waals surface area contributed by atoms with Gasteiger partial charge in [-0.15, -0.1) is 0 Å². The monoisotopic (exact) mass is 419 g/mol. The van der Waals surface area contributed by atoms with Crippen molar-refractivity contribution in [3.8, 4) is 5.75 Å². The number of nitrogens with one attached hydrogen (secondary N) is 2. The maximum absolute atomic E-state index is 6.23. The molecule has 6 nitrogen and oxygen atoms in total. The van der Waals surface area contributed by atoms with Gasteiger partial charge in [0.25, 0.3) is 0 Å². The molecule has 1 saturated heterocycles. The van der Waals surface area contributed by atoms with Gasteiger partial charge in [0.15, 0.2) is 5.11 Å². The molecule has 1 aromatic carbocycles. The highest BCUT2D eigenvalue weighted by molar-refractivity contribution is 7.80. The summed E-state index contributed by atoms with van der Waals surface area (Å²) in [4.78, 5) is 11.1. The lowest BCUT2D eigenvalue weighted by Gasteiger charge is -2.35. The molecule has 0 spiro atoms. The fourth-order valence-corrected chi connectivity index (χ4v) is 3.89. The van der Waals surface area contributed by atoms with Crippen LogP contribution in [0, 0.1) is 11.8 Å². The lowest BCUT2D eigenvalue weighted by molar-refractivity contribution is 0.355. The zero-order chi connectivity index (χ0) is 20.1. The van der Waals surface area contributed by atoms with Crippen molar-refractivity contribution in [3.05, 3.63) is 41.0 Å². The molecule has 2 N–H and O–H groups in total. The number of piperidine rings is 1. The topological polar surface area (TPSA) is 62.3 Å². The van der Waals surface area contributed by atoms with Crippen LogP contribution in [0.1, 0.15) is 25.8 Å². The molecule has 2 heterocycles. The van der Waals surface area contributed by atoms with Crippen molar-refractivity contribution in [3.63, 3.8) is 0 Å². The smallest absolute Gasteiger partial charge is 0.232 e. The van der Waals surface area contributed by atoms with Crippen LogP contribution in [0.3, 0.4) is 0 Å². The summed E-state index contributed by atoms with van der Waals surface area (Å²) in [7, 11) is 1.65. The molecule has 3 rings (SSSR count). The number of hydrogen-bond donors (Lipinski definition) is 2. The zero-order valence-corrected chi connectivity index (χ0v) is 18.0. The van der Waals surface area contributed by atoms with Crippen molar-refractivity contribution < 1.29 is 4.74 Å². The van der Waals surface area contributed by atoms with Gasteiger partial charge in [0.1, 0.15) is 16.7 Å². The molecule has 2 atom stereocenters. The highest BCUT2D eigenvalue weighted by Crippen LogP contribution is 2.27. The molecular weight excluding hydrogens is 394 g/mol. The van der Waals surface area contributed by atoms with Crippen LogP contribution in [0.4, 0.5) is 11.8 Å². The van der Waals surface area contributed by atoms with E-state index in [1.165, 1.54) is 6.42 Å². The molecule has 2 aromatic rings. The van der Waals surface area contributed by atoms with E-state index < -0.39 is 0 Å². The van der Waals surface area contributed by atoms with E-state index in [2.05, 4.69) is 39.3 Å². The van der Waals surface area contributed by atoms with E-state index in [0.717, 1.165) is 30.2 Å². The molecular formula is C20H26ClN5OS. The van der Waals surface area contributed by atoms with Crippen LogP contribution in [0.2, 0.25) is 5.15 Å². The maximum atomic E-state index is 6.23. The summed E-state index contributed by atoms with van der Waals surface area (Å²) in [6, 6.07) is 9.62. The summed E-state index contributed by atoms with van der Waals surface area (Å²) < 4.78 is 5.17. The number of halogens is 1. The quantitative estimate of drug-likeness (QED) is 0.558. The van der Waals surface area contributed by atoms with Gasteiger partial charge in [0.05, 0.1) is 7.11 Å². The van der Waals surface area contributed by atoms with Gasteiger partial charge in [-0.2, -0.15) is 4.98 Å². The third-order valence-corrected chi connectivity index (χ3v) is 5.15. The lowest BCUT2D eigenvalue weighted by Crippen LogP contribution is -2.39. The largest absolute Gasteiger partial charge is 0.497 e. The second kappa shape index (κ2) is 9.39. The van der Waals surface area contributed by atoms with Gasteiger partial charge >= 0.3 is 0 Å². The van der Waals surface area contributed by atoms with E-state index in [0.29, 0.717) is 34.6 Å². The Morgan fingerprint density at radius 1 is 1.21 bits per heavy atom. The van der Waals surface area contributed by atoms with Crippen LogP contribution in [0.15, 0.2) is 30.3 Å². The first kappa shape index (κ1) is 20.6. The third-order valence-electron chi connectivity index (χ3n) is 4.71. The van der Waals surface area contributed by atoms with Crippen LogP contribution >= 0.6 is 23.8 Å². The molecule has 1 aliphatic heterocycles. The summed E-state index contributed by atoms with van der Waals surface area (Å²) in [6.45, 7) is 7.06. The van der Waals surface area contributed by atoms with E-state index in [1.807, 2.05) is 30.3 Å². The minimum absolute atomic E-state index is 0.399. The van der Waals surface area contributed by atoms with Crippen molar-refractivity contribution in [2.75, 3.05) is 30.4 Å². The number of hydrogen-bond acceptors (Lipinski definition) is 5. The number of rotatable bonds is 5. The number of thiocarbonyl (C=S) groups is 1. The molecule has 0 unspecified atom stereocenters. The van der Waals surface area contributed by atoms with E-state index in [-0.39, 0.29) is 0 Å². The number of nitrogens with zero attached hydrogens (tertiary/aromatic N) is 3. The van der Waals surface area contributed by atoms with Crippen molar-refractivity contribution in [1.29, 1.82) is 0 Å². The first-order valence-electron chi connectivity index (χ1n) is 9.40. The standard InChI is InChI=1S/C20H26ClN5OS/c1-13-8-14(2)12-26(11-13)18-9-17(21)23-19(24-18)25-20(28)22-10-15-4-6-16(27-3)7-5-15/h4-7,9,13-14H,8,10-12H2,1-3H3,(H2,22,23,24,25,28)/t13-,14-/m1/s1. The van der Waals surface area contributed by atoms with Gasteiger partial charge in [0.2, 0.25) is 5.95 Å². The molecule has 1 fully saturated rings. The fourth-order valence-electron chi connectivity index (χ4n) is 3.55. The molecule has 0 amide bonds. The average Bonchev–Trinajstić information content (AvgIpc) is 2.65. The molecule has 0 saturated carbocycles. The van der Waals surface area contributed by atoms with Crippen molar-refractivity contribution in [2.45, 2.75) is 26.8 Å². The predicted octanol–water partition coefficient (Wildman–Crippen LogP) is 4.11. The number of benzene rings is 1. The number of aromatic nitrogens is 2. The Morgan fingerprint density at radius 3 is 2.54 bits per heavy atom. The SMILES string of the molecule is COc1ccc(CNC(=S)Nc2nc(Cl)cc(N3C[C@H](C)C[C@@H](C)C3)n2)cc1. The second-order valence-electron chi connectivity index (χ2n) is 7.38. The second-order valence-corrected chi connectivity index (χ2v) is 8.17. The highest BCUT2D eigenvalue weighted by Gasteiger charge is 2.23. The van der Waals surface area contributed by atoms with Crippen LogP contribution < -0.4 is 20.3 Å². The Balaban J connectivity index is 1.61. The highest BCUT2D eigenvalue weighted by atomic mass is 35.5.